The van der Waals surface area contributed by atoms with Crippen molar-refractivity contribution in [3.8, 4) is 11.5 Å². The monoisotopic (exact) mass is 338 g/mol. The predicted molar refractivity (Wildman–Crippen MR) is 102 cm³/mol. The van der Waals surface area contributed by atoms with E-state index in [-0.39, 0.29) is 0 Å². The third-order valence-corrected chi connectivity index (χ3v) is 4.20. The highest BCUT2D eigenvalue weighted by Crippen LogP contribution is 2.28. The molecule has 0 atom stereocenters. The summed E-state index contributed by atoms with van der Waals surface area (Å²) >= 11 is 0. The van der Waals surface area contributed by atoms with Gasteiger partial charge in [0.1, 0.15) is 11.0 Å². The number of hydrogen-bond donors (Lipinski definition) is 0. The number of para-hydroxylation sites is 4. The zero-order valence-corrected chi connectivity index (χ0v) is 13.8. The Morgan fingerprint density at radius 2 is 1.27 bits per heavy atom. The topological polar surface area (TPSA) is 52.1 Å². The lowest BCUT2D eigenvalue weighted by Gasteiger charge is -2.00. The van der Waals surface area contributed by atoms with Gasteiger partial charge in [-0.25, -0.2) is 9.97 Å². The molecule has 124 valence electrons. The molecule has 3 aromatic carbocycles. The highest BCUT2D eigenvalue weighted by molar-refractivity contribution is 5.82. The molecule has 2 heterocycles. The molecule has 0 amide bonds. The third-order valence-electron chi connectivity index (χ3n) is 4.20. The zero-order valence-electron chi connectivity index (χ0n) is 13.8. The minimum atomic E-state index is 0.568. The van der Waals surface area contributed by atoms with Crippen molar-refractivity contribution in [2.75, 3.05) is 0 Å². The van der Waals surface area contributed by atoms with E-state index >= 15 is 0 Å². The van der Waals surface area contributed by atoms with Crippen LogP contribution in [0.2, 0.25) is 0 Å². The summed E-state index contributed by atoms with van der Waals surface area (Å²) in [5, 5.41) is 0. The summed E-state index contributed by atoms with van der Waals surface area (Å²) < 4.78 is 11.7. The molecule has 0 spiro atoms. The second-order valence-electron chi connectivity index (χ2n) is 5.93. The van der Waals surface area contributed by atoms with Gasteiger partial charge >= 0.3 is 0 Å². The lowest BCUT2D eigenvalue weighted by molar-refractivity contribution is 0.589. The van der Waals surface area contributed by atoms with Gasteiger partial charge in [0.15, 0.2) is 11.2 Å². The fourth-order valence-electron chi connectivity index (χ4n) is 2.95. The van der Waals surface area contributed by atoms with Gasteiger partial charge in [0.2, 0.25) is 11.8 Å². The van der Waals surface area contributed by atoms with Crippen LogP contribution in [0, 0.1) is 0 Å². The zero-order chi connectivity index (χ0) is 17.3. The number of rotatable bonds is 3. The van der Waals surface area contributed by atoms with Crippen LogP contribution in [0.4, 0.5) is 0 Å². The molecule has 0 N–H and O–H groups in total. The Balaban J connectivity index is 1.55. The Morgan fingerprint density at radius 3 is 2.04 bits per heavy atom. The number of benzene rings is 3. The van der Waals surface area contributed by atoms with Crippen LogP contribution >= 0.6 is 0 Å². The molecule has 2 aromatic heterocycles. The van der Waals surface area contributed by atoms with E-state index in [9.17, 15) is 0 Å². The largest absolute Gasteiger partial charge is 0.437 e. The summed E-state index contributed by atoms with van der Waals surface area (Å²) in [7, 11) is 0. The lowest BCUT2D eigenvalue weighted by atomic mass is 10.1. The van der Waals surface area contributed by atoms with E-state index in [0.717, 1.165) is 33.3 Å². The molecule has 0 aliphatic carbocycles. The Labute approximate surface area is 149 Å². The van der Waals surface area contributed by atoms with Crippen molar-refractivity contribution in [1.29, 1.82) is 0 Å². The Bertz CT molecular complexity index is 1180. The fraction of sp³-hybridized carbons (Fsp3) is 0. The van der Waals surface area contributed by atoms with Crippen molar-refractivity contribution in [3.63, 3.8) is 0 Å². The first-order chi connectivity index (χ1) is 12.9. The SMILES string of the molecule is C(=Cc1ccccc1-c1nc2ccccc2o1)c1nc2ccccc2o1. The van der Waals surface area contributed by atoms with Crippen molar-refractivity contribution >= 4 is 34.4 Å². The van der Waals surface area contributed by atoms with Crippen LogP contribution in [-0.4, -0.2) is 9.97 Å². The highest BCUT2D eigenvalue weighted by atomic mass is 16.4. The van der Waals surface area contributed by atoms with Crippen LogP contribution in [0.1, 0.15) is 11.5 Å². The molecule has 0 bridgehead atoms. The van der Waals surface area contributed by atoms with Gasteiger partial charge in [0, 0.05) is 11.6 Å². The molecule has 26 heavy (non-hydrogen) atoms. The molecular weight excluding hydrogens is 324 g/mol. The van der Waals surface area contributed by atoms with Gasteiger partial charge in [-0.3, -0.25) is 0 Å². The molecule has 0 saturated carbocycles. The average Bonchev–Trinajstić information content (AvgIpc) is 3.30. The molecular formula is C22H14N2O2. The van der Waals surface area contributed by atoms with Crippen molar-refractivity contribution in [2.45, 2.75) is 0 Å². The molecule has 5 aromatic rings. The van der Waals surface area contributed by atoms with Crippen LogP contribution in [0.3, 0.4) is 0 Å². The summed E-state index contributed by atoms with van der Waals surface area (Å²) in [5.74, 6) is 1.17. The van der Waals surface area contributed by atoms with Crippen LogP contribution in [0.25, 0.3) is 45.8 Å². The number of oxazole rings is 2. The molecule has 4 heteroatoms. The number of aromatic nitrogens is 2. The molecule has 0 unspecified atom stereocenters. The summed E-state index contributed by atoms with van der Waals surface area (Å²) in [6.45, 7) is 0. The van der Waals surface area contributed by atoms with E-state index in [1.54, 1.807) is 0 Å². The summed E-state index contributed by atoms with van der Waals surface area (Å²) in [6, 6.07) is 23.4. The lowest BCUT2D eigenvalue weighted by Crippen LogP contribution is -1.82. The summed E-state index contributed by atoms with van der Waals surface area (Å²) in [4.78, 5) is 9.07. The predicted octanol–water partition coefficient (Wildman–Crippen LogP) is 5.81. The minimum absolute atomic E-state index is 0.568. The van der Waals surface area contributed by atoms with Gasteiger partial charge in [-0.15, -0.1) is 0 Å². The molecule has 0 aliphatic rings. The average molecular weight is 338 g/mol. The molecule has 0 aliphatic heterocycles. The second kappa shape index (κ2) is 6.01. The van der Waals surface area contributed by atoms with Crippen molar-refractivity contribution in [2.24, 2.45) is 0 Å². The Morgan fingerprint density at radius 1 is 0.615 bits per heavy atom. The van der Waals surface area contributed by atoms with E-state index in [2.05, 4.69) is 9.97 Å². The first kappa shape index (κ1) is 14.7. The Kier molecular flexibility index (Phi) is 3.39. The third kappa shape index (κ3) is 2.58. The number of hydrogen-bond acceptors (Lipinski definition) is 4. The van der Waals surface area contributed by atoms with Gasteiger partial charge in [-0.2, -0.15) is 0 Å². The van der Waals surface area contributed by atoms with Gasteiger partial charge in [-0.1, -0.05) is 42.5 Å². The molecule has 0 radical (unpaired) electrons. The van der Waals surface area contributed by atoms with E-state index in [1.165, 1.54) is 0 Å². The van der Waals surface area contributed by atoms with Crippen LogP contribution in [-0.2, 0) is 0 Å². The highest BCUT2D eigenvalue weighted by Gasteiger charge is 2.10. The van der Waals surface area contributed by atoms with E-state index < -0.39 is 0 Å². The molecule has 0 saturated heterocycles. The van der Waals surface area contributed by atoms with E-state index in [0.29, 0.717) is 11.8 Å². The normalized spacial score (nSPS) is 11.7. The summed E-state index contributed by atoms with van der Waals surface area (Å²) in [6.07, 6.45) is 3.83. The maximum absolute atomic E-state index is 5.91. The standard InChI is InChI=1S/C22H14N2O2/c1-2-8-16(22-24-18-10-4-6-12-20(18)26-22)15(7-1)13-14-21-23-17-9-3-5-11-19(17)25-21/h1-14H. The van der Waals surface area contributed by atoms with E-state index in [4.69, 9.17) is 8.83 Å². The summed E-state index contributed by atoms with van der Waals surface area (Å²) in [5.41, 5.74) is 5.16. The fourth-order valence-corrected chi connectivity index (χ4v) is 2.95. The van der Waals surface area contributed by atoms with E-state index in [1.807, 2.05) is 84.9 Å². The quantitative estimate of drug-likeness (QED) is 0.417. The van der Waals surface area contributed by atoms with Gasteiger partial charge in [0.25, 0.3) is 0 Å². The molecule has 4 nitrogen and oxygen atoms in total. The maximum atomic E-state index is 5.91. The first-order valence-corrected chi connectivity index (χ1v) is 8.35. The van der Waals surface area contributed by atoms with Gasteiger partial charge < -0.3 is 8.83 Å². The van der Waals surface area contributed by atoms with Crippen LogP contribution in [0.15, 0.2) is 81.6 Å². The minimum Gasteiger partial charge on any atom is -0.437 e. The number of fused-ring (bicyclic) bond motifs is 2. The first-order valence-electron chi connectivity index (χ1n) is 8.35. The van der Waals surface area contributed by atoms with Crippen molar-refractivity contribution in [1.82, 2.24) is 9.97 Å². The van der Waals surface area contributed by atoms with Crippen LogP contribution < -0.4 is 0 Å². The van der Waals surface area contributed by atoms with Crippen molar-refractivity contribution in [3.05, 3.63) is 84.3 Å². The second-order valence-corrected chi connectivity index (χ2v) is 5.93. The van der Waals surface area contributed by atoms with Crippen LogP contribution in [0.5, 0.6) is 0 Å². The Hall–Kier alpha value is -3.66. The van der Waals surface area contributed by atoms with Crippen molar-refractivity contribution < 1.29 is 8.83 Å². The smallest absolute Gasteiger partial charge is 0.227 e. The molecule has 0 fully saturated rings. The van der Waals surface area contributed by atoms with Gasteiger partial charge in [0.05, 0.1) is 0 Å². The number of nitrogens with zero attached hydrogens (tertiary/aromatic N) is 2. The molecule has 5 rings (SSSR count). The van der Waals surface area contributed by atoms with Gasteiger partial charge in [-0.05, 0) is 42.0 Å². The maximum Gasteiger partial charge on any atom is 0.227 e.